The first kappa shape index (κ1) is 15.5. The van der Waals surface area contributed by atoms with Crippen LogP contribution in [0.1, 0.15) is 5.69 Å². The number of aryl methyl sites for hydroxylation is 2. The van der Waals surface area contributed by atoms with Gasteiger partial charge in [0.25, 0.3) is 0 Å². The zero-order valence-corrected chi connectivity index (χ0v) is 14.4. The van der Waals surface area contributed by atoms with Gasteiger partial charge in [-0.2, -0.15) is 5.10 Å². The van der Waals surface area contributed by atoms with Crippen molar-refractivity contribution in [3.8, 4) is 16.3 Å². The van der Waals surface area contributed by atoms with Gasteiger partial charge in [0, 0.05) is 24.9 Å². The molecule has 0 aliphatic rings. The number of ether oxygens (including phenoxy) is 1. The van der Waals surface area contributed by atoms with Gasteiger partial charge in [-0.15, -0.1) is 11.3 Å². The van der Waals surface area contributed by atoms with E-state index in [-0.39, 0.29) is 0 Å². The largest absolute Gasteiger partial charge is 0.497 e. The molecular formula is C16H17N7OS. The highest BCUT2D eigenvalue weighted by Gasteiger charge is 2.19. The lowest BCUT2D eigenvalue weighted by molar-refractivity contribution is 0.415. The molecular weight excluding hydrogens is 338 g/mol. The van der Waals surface area contributed by atoms with Crippen molar-refractivity contribution in [2.45, 2.75) is 13.0 Å². The Morgan fingerprint density at radius 1 is 1.32 bits per heavy atom. The summed E-state index contributed by atoms with van der Waals surface area (Å²) in [6.07, 6.45) is 4.17. The topological polar surface area (TPSA) is 121 Å². The van der Waals surface area contributed by atoms with Crippen molar-refractivity contribution in [1.82, 2.24) is 24.7 Å². The van der Waals surface area contributed by atoms with E-state index in [1.165, 1.54) is 11.3 Å². The molecule has 0 atom stereocenters. The number of methoxy groups -OCH3 is 1. The quantitative estimate of drug-likeness (QED) is 0.505. The second-order valence-corrected chi connectivity index (χ2v) is 6.58. The zero-order chi connectivity index (χ0) is 17.4. The number of imidazole rings is 1. The second-order valence-electron chi connectivity index (χ2n) is 5.55. The molecule has 0 aliphatic carbocycles. The summed E-state index contributed by atoms with van der Waals surface area (Å²) < 4.78 is 7.98. The molecule has 1 aromatic carbocycles. The third-order valence-corrected chi connectivity index (χ3v) is 5.01. The summed E-state index contributed by atoms with van der Waals surface area (Å²) in [4.78, 5) is 11.7. The lowest BCUT2D eigenvalue weighted by Crippen LogP contribution is -2.07. The number of thiazole rings is 1. The van der Waals surface area contributed by atoms with Gasteiger partial charge >= 0.3 is 0 Å². The van der Waals surface area contributed by atoms with Gasteiger partial charge in [0.2, 0.25) is 0 Å². The molecule has 3 aromatic heterocycles. The van der Waals surface area contributed by atoms with Gasteiger partial charge in [0.15, 0.2) is 5.82 Å². The van der Waals surface area contributed by atoms with Crippen molar-refractivity contribution in [1.29, 1.82) is 0 Å². The fourth-order valence-electron chi connectivity index (χ4n) is 2.67. The third-order valence-electron chi connectivity index (χ3n) is 3.98. The molecule has 0 radical (unpaired) electrons. The van der Waals surface area contributed by atoms with Crippen molar-refractivity contribution in [3.05, 3.63) is 36.4 Å². The van der Waals surface area contributed by atoms with Crippen LogP contribution in [0.2, 0.25) is 0 Å². The van der Waals surface area contributed by atoms with Crippen LogP contribution in [0.15, 0.2) is 30.7 Å². The number of hydrogen-bond donors (Lipinski definition) is 3. The van der Waals surface area contributed by atoms with Gasteiger partial charge in [-0.1, -0.05) is 0 Å². The molecule has 0 fully saturated rings. The zero-order valence-electron chi connectivity index (χ0n) is 13.6. The number of H-pyrrole nitrogens is 1. The van der Waals surface area contributed by atoms with Crippen molar-refractivity contribution in [3.63, 3.8) is 0 Å². The second kappa shape index (κ2) is 6.10. The van der Waals surface area contributed by atoms with E-state index in [0.717, 1.165) is 33.1 Å². The molecule has 25 heavy (non-hydrogen) atoms. The van der Waals surface area contributed by atoms with Gasteiger partial charge in [0.05, 0.1) is 29.2 Å². The molecule has 0 unspecified atom stereocenters. The normalized spacial score (nSPS) is 11.2. The van der Waals surface area contributed by atoms with Crippen LogP contribution in [0.5, 0.6) is 5.75 Å². The van der Waals surface area contributed by atoms with E-state index in [1.807, 2.05) is 18.2 Å². The number of hydrogen-bond acceptors (Lipinski definition) is 7. The third kappa shape index (κ3) is 2.78. The molecule has 0 spiro atoms. The number of nitrogens with two attached hydrogens (primary N) is 2. The fourth-order valence-corrected chi connectivity index (χ4v) is 3.73. The molecule has 0 saturated carbocycles. The van der Waals surface area contributed by atoms with E-state index in [9.17, 15) is 0 Å². The lowest BCUT2D eigenvalue weighted by Gasteiger charge is -2.02. The van der Waals surface area contributed by atoms with Gasteiger partial charge in [-0.3, -0.25) is 0 Å². The molecule has 4 aromatic rings. The van der Waals surface area contributed by atoms with Crippen LogP contribution in [0, 0.1) is 0 Å². The highest BCUT2D eigenvalue weighted by molar-refractivity contribution is 7.21. The van der Waals surface area contributed by atoms with Crippen LogP contribution >= 0.6 is 11.3 Å². The van der Waals surface area contributed by atoms with Crippen LogP contribution < -0.4 is 16.2 Å². The van der Waals surface area contributed by atoms with Gasteiger partial charge in [-0.05, 0) is 18.2 Å². The SMILES string of the molecule is COc1ccc2nc(-c3c(N)nn(CCc4cnc[nH]4)c3N)sc2c1. The molecule has 8 nitrogen and oxygen atoms in total. The van der Waals surface area contributed by atoms with E-state index in [1.54, 1.807) is 24.3 Å². The Labute approximate surface area is 147 Å². The van der Waals surface area contributed by atoms with Crippen molar-refractivity contribution >= 4 is 33.2 Å². The van der Waals surface area contributed by atoms with Crippen molar-refractivity contribution in [2.75, 3.05) is 18.6 Å². The Morgan fingerprint density at radius 2 is 2.20 bits per heavy atom. The molecule has 4 rings (SSSR count). The maximum absolute atomic E-state index is 6.29. The Kier molecular flexibility index (Phi) is 3.77. The molecule has 9 heteroatoms. The summed E-state index contributed by atoms with van der Waals surface area (Å²) >= 11 is 1.52. The standard InChI is InChI=1S/C16H17N7OS/c1-24-10-2-3-11-12(6-10)25-16(21-11)13-14(17)22-23(15(13)18)5-4-9-7-19-8-20-9/h2-3,6-8H,4-5,18H2,1H3,(H2,17,22)(H,19,20). The smallest absolute Gasteiger partial charge is 0.158 e. The molecule has 0 saturated heterocycles. The first-order valence-corrected chi connectivity index (χ1v) is 8.51. The highest BCUT2D eigenvalue weighted by atomic mass is 32.1. The molecule has 5 N–H and O–H groups in total. The molecule has 128 valence electrons. The average molecular weight is 355 g/mol. The first-order chi connectivity index (χ1) is 12.2. The van der Waals surface area contributed by atoms with Crippen LogP contribution in [0.4, 0.5) is 11.6 Å². The highest BCUT2D eigenvalue weighted by Crippen LogP contribution is 2.38. The average Bonchev–Trinajstić information content (AvgIpc) is 3.31. The molecule has 0 bridgehead atoms. The Hall–Kier alpha value is -3.07. The van der Waals surface area contributed by atoms with Gasteiger partial charge in [-0.25, -0.2) is 14.6 Å². The minimum absolute atomic E-state index is 0.383. The van der Waals surface area contributed by atoms with Crippen LogP contribution in [0.3, 0.4) is 0 Å². The predicted molar refractivity (Wildman–Crippen MR) is 98.5 cm³/mol. The van der Waals surface area contributed by atoms with Gasteiger partial charge in [0.1, 0.15) is 16.6 Å². The van der Waals surface area contributed by atoms with E-state index in [4.69, 9.17) is 16.2 Å². The number of fused-ring (bicyclic) bond motifs is 1. The van der Waals surface area contributed by atoms with Crippen molar-refractivity contribution < 1.29 is 4.74 Å². The maximum atomic E-state index is 6.29. The van der Waals surface area contributed by atoms with E-state index >= 15 is 0 Å². The summed E-state index contributed by atoms with van der Waals surface area (Å²) in [5.74, 6) is 1.69. The van der Waals surface area contributed by atoms with E-state index < -0.39 is 0 Å². The number of nitrogens with one attached hydrogen (secondary N) is 1. The molecule has 3 heterocycles. The Balaban J connectivity index is 1.68. The number of aromatic nitrogens is 5. The minimum atomic E-state index is 0.383. The number of aromatic amines is 1. The predicted octanol–water partition coefficient (Wildman–Crippen LogP) is 2.30. The van der Waals surface area contributed by atoms with E-state index in [0.29, 0.717) is 23.7 Å². The van der Waals surface area contributed by atoms with Crippen LogP contribution in [0.25, 0.3) is 20.8 Å². The Morgan fingerprint density at radius 3 is 2.96 bits per heavy atom. The summed E-state index contributed by atoms with van der Waals surface area (Å²) in [6, 6.07) is 5.75. The Bertz CT molecular complexity index is 1020. The maximum Gasteiger partial charge on any atom is 0.158 e. The summed E-state index contributed by atoms with van der Waals surface area (Å²) in [5.41, 5.74) is 15.0. The number of anilines is 2. The number of nitrogens with zero attached hydrogens (tertiary/aromatic N) is 4. The fraction of sp³-hybridized carbons (Fsp3) is 0.188. The first-order valence-electron chi connectivity index (χ1n) is 7.69. The van der Waals surface area contributed by atoms with Crippen LogP contribution in [-0.2, 0) is 13.0 Å². The summed E-state index contributed by atoms with van der Waals surface area (Å²) in [6.45, 7) is 0.608. The van der Waals surface area contributed by atoms with E-state index in [2.05, 4.69) is 20.1 Å². The monoisotopic (exact) mass is 355 g/mol. The summed E-state index contributed by atoms with van der Waals surface area (Å²) in [7, 11) is 1.64. The molecule has 0 amide bonds. The summed E-state index contributed by atoms with van der Waals surface area (Å²) in [5, 5.41) is 5.12. The minimum Gasteiger partial charge on any atom is -0.497 e. The number of rotatable bonds is 5. The van der Waals surface area contributed by atoms with Crippen LogP contribution in [-0.4, -0.2) is 31.8 Å². The van der Waals surface area contributed by atoms with Crippen molar-refractivity contribution in [2.24, 2.45) is 0 Å². The van der Waals surface area contributed by atoms with Gasteiger partial charge < -0.3 is 21.2 Å². The number of benzene rings is 1. The molecule has 0 aliphatic heterocycles. The number of nitrogen functional groups attached to an aromatic ring is 2. The lowest BCUT2D eigenvalue weighted by atomic mass is 10.3.